The molecule has 2 heterocycles. The van der Waals surface area contributed by atoms with Crippen molar-refractivity contribution in [3.05, 3.63) is 41.3 Å². The number of nitrogens with zero attached hydrogens (tertiary/aromatic N) is 2. The van der Waals surface area contributed by atoms with Crippen LogP contribution < -0.4 is 5.32 Å². The van der Waals surface area contributed by atoms with Crippen LogP contribution in [0.4, 0.5) is 4.39 Å². The highest BCUT2D eigenvalue weighted by molar-refractivity contribution is 6.03. The summed E-state index contributed by atoms with van der Waals surface area (Å²) in [5.74, 6) is -0.668. The van der Waals surface area contributed by atoms with Gasteiger partial charge in [0.2, 0.25) is 0 Å². The average molecular weight is 259 g/mol. The molecule has 5 nitrogen and oxygen atoms in total. The lowest BCUT2D eigenvalue weighted by molar-refractivity contribution is 0.0959. The lowest BCUT2D eigenvalue weighted by Gasteiger charge is -2.07. The van der Waals surface area contributed by atoms with E-state index in [2.05, 4.69) is 15.3 Å². The minimum atomic E-state index is -0.401. The maximum Gasteiger partial charge on any atom is 0.314 e. The Hall–Kier alpha value is -2.50. The highest BCUT2D eigenvalue weighted by Crippen LogP contribution is 2.32. The van der Waals surface area contributed by atoms with E-state index in [1.165, 1.54) is 24.3 Å². The molecule has 1 amide bonds. The number of halogens is 1. The molecule has 0 radical (unpaired) electrons. The van der Waals surface area contributed by atoms with Gasteiger partial charge in [-0.2, -0.15) is 9.97 Å². The van der Waals surface area contributed by atoms with Gasteiger partial charge in [0.1, 0.15) is 5.82 Å². The molecule has 6 heteroatoms. The number of benzene rings is 1. The number of nitrogens with one attached hydrogen (secondary N) is 1. The van der Waals surface area contributed by atoms with Crippen LogP contribution >= 0.6 is 0 Å². The Morgan fingerprint density at radius 1 is 1.26 bits per heavy atom. The number of carbonyl (C=O) groups is 1. The van der Waals surface area contributed by atoms with E-state index < -0.39 is 6.01 Å². The van der Waals surface area contributed by atoms with Gasteiger partial charge in [0.05, 0.1) is 23.0 Å². The number of hydrogen-bond donors (Lipinski definition) is 2. The lowest BCUT2D eigenvalue weighted by atomic mass is 10.0. The molecular weight excluding hydrogens is 249 g/mol. The zero-order valence-corrected chi connectivity index (χ0v) is 10.0. The Morgan fingerprint density at radius 3 is 2.63 bits per heavy atom. The lowest BCUT2D eigenvalue weighted by Crippen LogP contribution is -2.16. The van der Waals surface area contributed by atoms with Gasteiger partial charge in [-0.05, 0) is 31.2 Å². The van der Waals surface area contributed by atoms with Gasteiger partial charge in [-0.25, -0.2) is 4.39 Å². The quantitative estimate of drug-likeness (QED) is 0.818. The second-order valence-corrected chi connectivity index (χ2v) is 4.33. The molecule has 0 bridgehead atoms. The van der Waals surface area contributed by atoms with Crippen molar-refractivity contribution in [3.63, 3.8) is 0 Å². The summed E-state index contributed by atoms with van der Waals surface area (Å²) in [6.07, 6.45) is 0. The fraction of sp³-hybridized carbons (Fsp3) is 0.154. The summed E-state index contributed by atoms with van der Waals surface area (Å²) in [6.45, 7) is 1.77. The van der Waals surface area contributed by atoms with Crippen LogP contribution in [-0.2, 0) is 0 Å². The second kappa shape index (κ2) is 4.01. The van der Waals surface area contributed by atoms with E-state index in [9.17, 15) is 14.3 Å². The van der Waals surface area contributed by atoms with Crippen molar-refractivity contribution in [2.75, 3.05) is 0 Å². The van der Waals surface area contributed by atoms with Crippen molar-refractivity contribution < 1.29 is 14.3 Å². The van der Waals surface area contributed by atoms with Crippen LogP contribution in [0.2, 0.25) is 0 Å². The molecule has 1 aliphatic rings. The molecule has 3 rings (SSSR count). The number of rotatable bonds is 1. The van der Waals surface area contributed by atoms with Crippen LogP contribution in [0.5, 0.6) is 6.01 Å². The number of aromatic hydroxyl groups is 1. The van der Waals surface area contributed by atoms with Crippen molar-refractivity contribution in [2.24, 2.45) is 0 Å². The number of hydrogen-bond acceptors (Lipinski definition) is 4. The average Bonchev–Trinajstić information content (AvgIpc) is 2.65. The summed E-state index contributed by atoms with van der Waals surface area (Å²) < 4.78 is 12.9. The SMILES string of the molecule is CC1NC(=O)c2c(-c3ccc(F)cc3)nc(O)nc21. The summed E-state index contributed by atoms with van der Waals surface area (Å²) in [7, 11) is 0. The topological polar surface area (TPSA) is 75.1 Å². The molecule has 96 valence electrons. The van der Waals surface area contributed by atoms with Gasteiger partial charge >= 0.3 is 6.01 Å². The van der Waals surface area contributed by atoms with Crippen LogP contribution in [0.1, 0.15) is 29.0 Å². The molecule has 1 unspecified atom stereocenters. The predicted octanol–water partition coefficient (Wildman–Crippen LogP) is 1.79. The molecule has 19 heavy (non-hydrogen) atoms. The first-order valence-corrected chi connectivity index (χ1v) is 5.74. The molecule has 1 atom stereocenters. The number of amides is 1. The highest BCUT2D eigenvalue weighted by atomic mass is 19.1. The van der Waals surface area contributed by atoms with Gasteiger partial charge in [-0.15, -0.1) is 0 Å². The molecule has 2 N–H and O–H groups in total. The molecule has 1 aliphatic heterocycles. The zero-order chi connectivity index (χ0) is 13.6. The van der Waals surface area contributed by atoms with E-state index in [1.807, 2.05) is 0 Å². The number of aromatic nitrogens is 2. The monoisotopic (exact) mass is 259 g/mol. The van der Waals surface area contributed by atoms with Gasteiger partial charge in [0.15, 0.2) is 0 Å². The molecule has 1 aromatic carbocycles. The second-order valence-electron chi connectivity index (χ2n) is 4.33. The van der Waals surface area contributed by atoms with Crippen LogP contribution in [0.25, 0.3) is 11.3 Å². The maximum atomic E-state index is 12.9. The van der Waals surface area contributed by atoms with Gasteiger partial charge < -0.3 is 10.4 Å². The third kappa shape index (κ3) is 1.81. The third-order valence-corrected chi connectivity index (χ3v) is 3.03. The summed E-state index contributed by atoms with van der Waals surface area (Å²) in [5.41, 5.74) is 1.65. The molecule has 0 saturated heterocycles. The van der Waals surface area contributed by atoms with Crippen molar-refractivity contribution in [2.45, 2.75) is 13.0 Å². The summed E-state index contributed by atoms with van der Waals surface area (Å²) >= 11 is 0. The van der Waals surface area contributed by atoms with E-state index in [4.69, 9.17) is 0 Å². The fourth-order valence-corrected chi connectivity index (χ4v) is 2.16. The molecular formula is C13H10FN3O2. The molecule has 0 fully saturated rings. The molecule has 0 saturated carbocycles. The maximum absolute atomic E-state index is 12.9. The van der Waals surface area contributed by atoms with Crippen LogP contribution in [0.3, 0.4) is 0 Å². The van der Waals surface area contributed by atoms with Crippen molar-refractivity contribution in [3.8, 4) is 17.3 Å². The Morgan fingerprint density at radius 2 is 1.95 bits per heavy atom. The predicted molar refractivity (Wildman–Crippen MR) is 65.0 cm³/mol. The zero-order valence-electron chi connectivity index (χ0n) is 10.0. The fourth-order valence-electron chi connectivity index (χ4n) is 2.16. The largest absolute Gasteiger partial charge is 0.479 e. The minimum absolute atomic E-state index is 0.282. The molecule has 0 spiro atoms. The van der Waals surface area contributed by atoms with E-state index in [0.717, 1.165) is 0 Å². The summed E-state index contributed by atoms with van der Waals surface area (Å²) in [5, 5.41) is 12.3. The smallest absolute Gasteiger partial charge is 0.314 e. The van der Waals surface area contributed by atoms with Crippen LogP contribution in [0.15, 0.2) is 24.3 Å². The Kier molecular flexibility index (Phi) is 2.45. The minimum Gasteiger partial charge on any atom is -0.479 e. The van der Waals surface area contributed by atoms with Crippen molar-refractivity contribution >= 4 is 5.91 Å². The Labute approximate surface area is 108 Å². The molecule has 0 aliphatic carbocycles. The van der Waals surface area contributed by atoms with Gasteiger partial charge in [-0.1, -0.05) is 0 Å². The van der Waals surface area contributed by atoms with Crippen LogP contribution in [0, 0.1) is 5.82 Å². The van der Waals surface area contributed by atoms with Crippen molar-refractivity contribution in [1.29, 1.82) is 0 Å². The normalized spacial score (nSPS) is 17.2. The van der Waals surface area contributed by atoms with Crippen LogP contribution in [-0.4, -0.2) is 21.0 Å². The number of fused-ring (bicyclic) bond motifs is 1. The molecule has 1 aromatic heterocycles. The first-order chi connectivity index (χ1) is 9.06. The Balaban J connectivity index is 2.25. The highest BCUT2D eigenvalue weighted by Gasteiger charge is 2.32. The summed E-state index contributed by atoms with van der Waals surface area (Å²) in [6, 6.07) is 4.88. The van der Waals surface area contributed by atoms with Gasteiger partial charge in [-0.3, -0.25) is 4.79 Å². The first-order valence-electron chi connectivity index (χ1n) is 5.74. The summed E-state index contributed by atoms with van der Waals surface area (Å²) in [4.78, 5) is 19.7. The van der Waals surface area contributed by atoms with E-state index in [0.29, 0.717) is 22.5 Å². The third-order valence-electron chi connectivity index (χ3n) is 3.03. The molecule has 2 aromatic rings. The van der Waals surface area contributed by atoms with E-state index in [1.54, 1.807) is 6.92 Å². The van der Waals surface area contributed by atoms with Gasteiger partial charge in [0.25, 0.3) is 5.91 Å². The van der Waals surface area contributed by atoms with Gasteiger partial charge in [0, 0.05) is 5.56 Å². The first kappa shape index (κ1) is 11.6. The van der Waals surface area contributed by atoms with E-state index >= 15 is 0 Å². The van der Waals surface area contributed by atoms with Crippen molar-refractivity contribution in [1.82, 2.24) is 15.3 Å². The van der Waals surface area contributed by atoms with E-state index in [-0.39, 0.29) is 17.8 Å². The standard InChI is InChI=1S/C13H10FN3O2/c1-6-10-9(12(18)15-6)11(17-13(19)16-10)7-2-4-8(14)5-3-7/h2-6H,1H3,(H,15,18)(H,16,17,19). The Bertz CT molecular complexity index is 670. The number of carbonyl (C=O) groups excluding carboxylic acids is 1.